The number of rotatable bonds is 5. The van der Waals surface area contributed by atoms with E-state index >= 15 is 0 Å². The SMILES string of the molecule is C=C(C(=O)OCCC)C(O)c1ccccc1C. The molecule has 1 aromatic rings. The van der Waals surface area contributed by atoms with Crippen molar-refractivity contribution >= 4 is 5.97 Å². The Morgan fingerprint density at radius 1 is 1.47 bits per heavy atom. The molecule has 17 heavy (non-hydrogen) atoms. The molecule has 0 amide bonds. The predicted molar refractivity (Wildman–Crippen MR) is 66.5 cm³/mol. The third-order valence-electron chi connectivity index (χ3n) is 2.51. The summed E-state index contributed by atoms with van der Waals surface area (Å²) in [5, 5.41) is 10.0. The lowest BCUT2D eigenvalue weighted by Crippen LogP contribution is -2.14. The maximum atomic E-state index is 11.5. The number of aliphatic hydroxyl groups excluding tert-OH is 1. The average Bonchev–Trinajstić information content (AvgIpc) is 2.34. The molecule has 0 saturated carbocycles. The molecule has 92 valence electrons. The molecular formula is C14H18O3. The van der Waals surface area contributed by atoms with Crippen molar-refractivity contribution in [3.8, 4) is 0 Å². The Bertz CT molecular complexity index is 410. The van der Waals surface area contributed by atoms with Crippen molar-refractivity contribution in [2.45, 2.75) is 26.4 Å². The first-order chi connectivity index (χ1) is 8.07. The van der Waals surface area contributed by atoms with Gasteiger partial charge in [0.15, 0.2) is 0 Å². The Morgan fingerprint density at radius 2 is 2.12 bits per heavy atom. The lowest BCUT2D eigenvalue weighted by molar-refractivity contribution is -0.140. The van der Waals surface area contributed by atoms with Gasteiger partial charge in [0.05, 0.1) is 12.2 Å². The number of ether oxygens (including phenoxy) is 1. The lowest BCUT2D eigenvalue weighted by Gasteiger charge is -2.15. The van der Waals surface area contributed by atoms with Crippen LogP contribution in [0.2, 0.25) is 0 Å². The molecule has 1 rings (SSSR count). The monoisotopic (exact) mass is 234 g/mol. The second kappa shape index (κ2) is 6.21. The van der Waals surface area contributed by atoms with Gasteiger partial charge in [-0.3, -0.25) is 0 Å². The number of benzene rings is 1. The van der Waals surface area contributed by atoms with E-state index < -0.39 is 12.1 Å². The van der Waals surface area contributed by atoms with Gasteiger partial charge in [-0.15, -0.1) is 0 Å². The molecule has 0 heterocycles. The van der Waals surface area contributed by atoms with E-state index in [1.54, 1.807) is 6.07 Å². The van der Waals surface area contributed by atoms with E-state index in [1.165, 1.54) is 0 Å². The Morgan fingerprint density at radius 3 is 2.71 bits per heavy atom. The maximum absolute atomic E-state index is 11.5. The number of aliphatic hydroxyl groups is 1. The van der Waals surface area contributed by atoms with Crippen LogP contribution in [0.4, 0.5) is 0 Å². The third-order valence-corrected chi connectivity index (χ3v) is 2.51. The highest BCUT2D eigenvalue weighted by Gasteiger charge is 2.20. The molecule has 1 atom stereocenters. The van der Waals surface area contributed by atoms with Crippen LogP contribution in [0.15, 0.2) is 36.4 Å². The van der Waals surface area contributed by atoms with E-state index in [1.807, 2.05) is 32.0 Å². The minimum atomic E-state index is -0.999. The fourth-order valence-corrected chi connectivity index (χ4v) is 1.48. The molecule has 0 aliphatic heterocycles. The molecule has 0 aliphatic carbocycles. The van der Waals surface area contributed by atoms with Gasteiger partial charge in [-0.1, -0.05) is 37.8 Å². The molecule has 0 aromatic heterocycles. The predicted octanol–water partition coefficient (Wildman–Crippen LogP) is 2.54. The Labute approximate surface area is 102 Å². The summed E-state index contributed by atoms with van der Waals surface area (Å²) in [7, 11) is 0. The van der Waals surface area contributed by atoms with Crippen molar-refractivity contribution in [3.05, 3.63) is 47.5 Å². The maximum Gasteiger partial charge on any atom is 0.336 e. The van der Waals surface area contributed by atoms with Gasteiger partial charge < -0.3 is 9.84 Å². The van der Waals surface area contributed by atoms with Gasteiger partial charge in [0.1, 0.15) is 6.10 Å². The number of hydrogen-bond acceptors (Lipinski definition) is 3. The third kappa shape index (κ3) is 3.43. The highest BCUT2D eigenvalue weighted by atomic mass is 16.5. The van der Waals surface area contributed by atoms with Crippen LogP contribution in [0, 0.1) is 6.92 Å². The first kappa shape index (κ1) is 13.5. The van der Waals surface area contributed by atoms with Gasteiger partial charge in [-0.05, 0) is 24.5 Å². The van der Waals surface area contributed by atoms with E-state index in [4.69, 9.17) is 4.74 Å². The quantitative estimate of drug-likeness (QED) is 0.629. The molecule has 0 radical (unpaired) electrons. The molecule has 0 aliphatic rings. The van der Waals surface area contributed by atoms with Gasteiger partial charge in [0, 0.05) is 0 Å². The standard InChI is InChI=1S/C14H18O3/c1-4-9-17-14(16)11(3)13(15)12-8-6-5-7-10(12)2/h5-8,13,15H,3-4,9H2,1-2H3. The topological polar surface area (TPSA) is 46.5 Å². The lowest BCUT2D eigenvalue weighted by atomic mass is 9.98. The van der Waals surface area contributed by atoms with E-state index in [2.05, 4.69) is 6.58 Å². The van der Waals surface area contributed by atoms with Crippen molar-refractivity contribution in [2.75, 3.05) is 6.61 Å². The van der Waals surface area contributed by atoms with Gasteiger partial charge >= 0.3 is 5.97 Å². The largest absolute Gasteiger partial charge is 0.462 e. The molecule has 1 N–H and O–H groups in total. The molecule has 0 spiro atoms. The van der Waals surface area contributed by atoms with Gasteiger partial charge in [0.25, 0.3) is 0 Å². The minimum absolute atomic E-state index is 0.0766. The van der Waals surface area contributed by atoms with E-state index in [9.17, 15) is 9.90 Å². The molecule has 3 nitrogen and oxygen atoms in total. The van der Waals surface area contributed by atoms with Crippen LogP contribution in [0.1, 0.15) is 30.6 Å². The van der Waals surface area contributed by atoms with E-state index in [-0.39, 0.29) is 5.57 Å². The van der Waals surface area contributed by atoms with Crippen LogP contribution in [0.5, 0.6) is 0 Å². The fourth-order valence-electron chi connectivity index (χ4n) is 1.48. The Kier molecular flexibility index (Phi) is 4.91. The zero-order valence-corrected chi connectivity index (χ0v) is 10.3. The van der Waals surface area contributed by atoms with Gasteiger partial charge in [-0.25, -0.2) is 4.79 Å². The summed E-state index contributed by atoms with van der Waals surface area (Å²) in [6, 6.07) is 7.35. The number of esters is 1. The summed E-state index contributed by atoms with van der Waals surface area (Å²) >= 11 is 0. The van der Waals surface area contributed by atoms with E-state index in [0.29, 0.717) is 12.2 Å². The number of aryl methyl sites for hydroxylation is 1. The molecule has 1 unspecified atom stereocenters. The Hall–Kier alpha value is -1.61. The summed E-state index contributed by atoms with van der Waals surface area (Å²) in [5.74, 6) is -0.539. The van der Waals surface area contributed by atoms with Crippen molar-refractivity contribution in [2.24, 2.45) is 0 Å². The van der Waals surface area contributed by atoms with Crippen molar-refractivity contribution < 1.29 is 14.6 Å². The Balaban J connectivity index is 2.76. The minimum Gasteiger partial charge on any atom is -0.462 e. The molecule has 0 bridgehead atoms. The van der Waals surface area contributed by atoms with Crippen LogP contribution >= 0.6 is 0 Å². The molecule has 1 aromatic carbocycles. The fraction of sp³-hybridized carbons (Fsp3) is 0.357. The molecule has 3 heteroatoms. The summed E-state index contributed by atoms with van der Waals surface area (Å²) in [4.78, 5) is 11.5. The van der Waals surface area contributed by atoms with Crippen LogP contribution < -0.4 is 0 Å². The summed E-state index contributed by atoms with van der Waals surface area (Å²) in [5.41, 5.74) is 1.68. The van der Waals surface area contributed by atoms with Crippen LogP contribution in [0.3, 0.4) is 0 Å². The highest BCUT2D eigenvalue weighted by molar-refractivity contribution is 5.89. The number of hydrogen-bond donors (Lipinski definition) is 1. The number of carbonyl (C=O) groups is 1. The van der Waals surface area contributed by atoms with Crippen molar-refractivity contribution in [3.63, 3.8) is 0 Å². The first-order valence-corrected chi connectivity index (χ1v) is 5.67. The summed E-state index contributed by atoms with van der Waals surface area (Å²) in [6.07, 6.45) is -0.250. The molecule has 0 saturated heterocycles. The second-order valence-corrected chi connectivity index (χ2v) is 3.92. The normalized spacial score (nSPS) is 11.9. The molecular weight excluding hydrogens is 216 g/mol. The summed E-state index contributed by atoms with van der Waals surface area (Å²) < 4.78 is 4.94. The van der Waals surface area contributed by atoms with E-state index in [0.717, 1.165) is 12.0 Å². The smallest absolute Gasteiger partial charge is 0.336 e. The van der Waals surface area contributed by atoms with Crippen LogP contribution in [-0.4, -0.2) is 17.7 Å². The van der Waals surface area contributed by atoms with Gasteiger partial charge in [0.2, 0.25) is 0 Å². The van der Waals surface area contributed by atoms with Crippen molar-refractivity contribution in [1.29, 1.82) is 0 Å². The molecule has 0 fully saturated rings. The van der Waals surface area contributed by atoms with Crippen LogP contribution in [-0.2, 0) is 9.53 Å². The average molecular weight is 234 g/mol. The highest BCUT2D eigenvalue weighted by Crippen LogP contribution is 2.24. The number of carbonyl (C=O) groups excluding carboxylic acids is 1. The second-order valence-electron chi connectivity index (χ2n) is 3.92. The van der Waals surface area contributed by atoms with Crippen LogP contribution in [0.25, 0.3) is 0 Å². The zero-order chi connectivity index (χ0) is 12.8. The summed E-state index contributed by atoms with van der Waals surface area (Å²) in [6.45, 7) is 7.73. The van der Waals surface area contributed by atoms with Crippen molar-refractivity contribution in [1.82, 2.24) is 0 Å². The zero-order valence-electron chi connectivity index (χ0n) is 10.3. The van der Waals surface area contributed by atoms with Gasteiger partial charge in [-0.2, -0.15) is 0 Å². The first-order valence-electron chi connectivity index (χ1n) is 5.67.